The molecule has 5 heteroatoms. The van der Waals surface area contributed by atoms with Crippen LogP contribution in [0.25, 0.3) is 5.57 Å². The van der Waals surface area contributed by atoms with Gasteiger partial charge in [0, 0.05) is 41.0 Å². The Kier molecular flexibility index (Phi) is 4.77. The Labute approximate surface area is 164 Å². The number of fused-ring (bicyclic) bond motifs is 2. The number of hydrogen-bond donors (Lipinski definition) is 0. The normalized spacial score (nSPS) is 26.5. The van der Waals surface area contributed by atoms with Gasteiger partial charge in [0.05, 0.1) is 12.5 Å². The Balaban J connectivity index is 1.67. The SMILES string of the molecule is COc1ccc2c(c1)=NC1C(CC3C(=O)C(C(C)C)=CC(=O)C3C)=NCCC=21. The van der Waals surface area contributed by atoms with Gasteiger partial charge in [0.2, 0.25) is 0 Å². The predicted octanol–water partition coefficient (Wildman–Crippen LogP) is 2.07. The van der Waals surface area contributed by atoms with Crippen molar-refractivity contribution in [3.05, 3.63) is 40.4 Å². The molecule has 0 saturated carbocycles. The standard InChI is InChI=1S/C23H26N2O3/c1-12(2)17-11-21(26)13(3)18(23(17)27)10-20-22-16(7-8-24-20)15-6-5-14(28-4)9-19(15)25-22/h5-6,9,11-13,18,22H,7-8,10H2,1-4H3. The number of hydrogen-bond acceptors (Lipinski definition) is 5. The highest BCUT2D eigenvalue weighted by molar-refractivity contribution is 6.13. The van der Waals surface area contributed by atoms with Crippen LogP contribution in [0.4, 0.5) is 0 Å². The van der Waals surface area contributed by atoms with Gasteiger partial charge in [-0.1, -0.05) is 20.8 Å². The number of Topliss-reactive ketones (excluding diaryl/α,β-unsaturated/α-hetero) is 1. The van der Waals surface area contributed by atoms with E-state index >= 15 is 0 Å². The third-order valence-electron chi connectivity index (χ3n) is 6.18. The number of aliphatic imine (C=N–C) groups is 1. The van der Waals surface area contributed by atoms with Crippen LogP contribution in [0.5, 0.6) is 5.75 Å². The molecule has 2 heterocycles. The summed E-state index contributed by atoms with van der Waals surface area (Å²) in [6.07, 6.45) is 2.93. The Morgan fingerprint density at radius 2 is 2.04 bits per heavy atom. The number of benzene rings is 1. The van der Waals surface area contributed by atoms with Crippen LogP contribution >= 0.6 is 0 Å². The van der Waals surface area contributed by atoms with Crippen molar-refractivity contribution in [1.82, 2.24) is 0 Å². The summed E-state index contributed by atoms with van der Waals surface area (Å²) in [5.41, 5.74) is 2.84. The molecule has 2 aliphatic heterocycles. The third kappa shape index (κ3) is 3.03. The lowest BCUT2D eigenvalue weighted by Crippen LogP contribution is -2.38. The number of ether oxygens (including phenoxy) is 1. The summed E-state index contributed by atoms with van der Waals surface area (Å²) in [4.78, 5) is 35.2. The second-order valence-corrected chi connectivity index (χ2v) is 8.18. The average Bonchev–Trinajstić information content (AvgIpc) is 3.06. The first-order chi connectivity index (χ1) is 13.4. The van der Waals surface area contributed by atoms with Crippen molar-refractivity contribution in [1.29, 1.82) is 0 Å². The van der Waals surface area contributed by atoms with Gasteiger partial charge < -0.3 is 4.74 Å². The maximum Gasteiger partial charge on any atom is 0.163 e. The zero-order valence-corrected chi connectivity index (χ0v) is 16.9. The van der Waals surface area contributed by atoms with Crippen molar-refractivity contribution in [2.75, 3.05) is 13.7 Å². The molecule has 0 bridgehead atoms. The molecule has 0 spiro atoms. The number of methoxy groups -OCH3 is 1. The second-order valence-electron chi connectivity index (χ2n) is 8.18. The minimum Gasteiger partial charge on any atom is -0.497 e. The van der Waals surface area contributed by atoms with E-state index in [9.17, 15) is 9.59 Å². The summed E-state index contributed by atoms with van der Waals surface area (Å²) >= 11 is 0. The van der Waals surface area contributed by atoms with Crippen molar-refractivity contribution in [3.63, 3.8) is 0 Å². The Hall–Kier alpha value is -2.56. The summed E-state index contributed by atoms with van der Waals surface area (Å²) in [5.74, 6) is 0.316. The second kappa shape index (κ2) is 7.12. The molecular weight excluding hydrogens is 352 g/mol. The van der Waals surface area contributed by atoms with Crippen LogP contribution in [0.2, 0.25) is 0 Å². The molecule has 0 aromatic heterocycles. The average molecular weight is 378 g/mol. The molecule has 1 aromatic rings. The number of rotatable bonds is 4. The molecule has 146 valence electrons. The first-order valence-corrected chi connectivity index (χ1v) is 9.98. The molecule has 5 nitrogen and oxygen atoms in total. The van der Waals surface area contributed by atoms with Gasteiger partial charge in [0.25, 0.3) is 0 Å². The lowest BCUT2D eigenvalue weighted by atomic mass is 9.72. The molecule has 0 radical (unpaired) electrons. The van der Waals surface area contributed by atoms with E-state index in [0.29, 0.717) is 18.5 Å². The van der Waals surface area contributed by atoms with Gasteiger partial charge in [-0.3, -0.25) is 19.6 Å². The van der Waals surface area contributed by atoms with Crippen LogP contribution in [0, 0.1) is 17.8 Å². The molecule has 0 fully saturated rings. The smallest absolute Gasteiger partial charge is 0.163 e. The van der Waals surface area contributed by atoms with Crippen molar-refractivity contribution in [2.24, 2.45) is 27.7 Å². The largest absolute Gasteiger partial charge is 0.497 e. The van der Waals surface area contributed by atoms with Crippen LogP contribution in [0.3, 0.4) is 0 Å². The first-order valence-electron chi connectivity index (χ1n) is 9.98. The molecule has 4 rings (SSSR count). The predicted molar refractivity (Wildman–Crippen MR) is 108 cm³/mol. The van der Waals surface area contributed by atoms with Crippen LogP contribution in [0.1, 0.15) is 33.6 Å². The van der Waals surface area contributed by atoms with E-state index in [1.165, 1.54) is 5.57 Å². The van der Waals surface area contributed by atoms with Crippen LogP contribution < -0.4 is 15.3 Å². The van der Waals surface area contributed by atoms with E-state index in [-0.39, 0.29) is 35.4 Å². The highest BCUT2D eigenvalue weighted by atomic mass is 16.5. The van der Waals surface area contributed by atoms with Crippen molar-refractivity contribution in [2.45, 2.75) is 39.7 Å². The quantitative estimate of drug-likeness (QED) is 0.805. The van der Waals surface area contributed by atoms with Gasteiger partial charge in [-0.15, -0.1) is 0 Å². The van der Waals surface area contributed by atoms with E-state index < -0.39 is 0 Å². The lowest BCUT2D eigenvalue weighted by molar-refractivity contribution is -0.129. The molecular formula is C23H26N2O3. The van der Waals surface area contributed by atoms with Crippen LogP contribution in [0.15, 0.2) is 39.8 Å². The van der Waals surface area contributed by atoms with E-state index in [1.54, 1.807) is 13.2 Å². The molecule has 1 aliphatic carbocycles. The molecule has 0 amide bonds. The van der Waals surface area contributed by atoms with Gasteiger partial charge >= 0.3 is 0 Å². The fraction of sp³-hybridized carbons (Fsp3) is 0.478. The van der Waals surface area contributed by atoms with E-state index in [2.05, 4.69) is 6.07 Å². The zero-order chi connectivity index (χ0) is 20.0. The van der Waals surface area contributed by atoms with Gasteiger partial charge in [0.15, 0.2) is 11.6 Å². The van der Waals surface area contributed by atoms with E-state index in [0.717, 1.165) is 28.5 Å². The monoisotopic (exact) mass is 378 g/mol. The fourth-order valence-corrected chi connectivity index (χ4v) is 4.45. The molecule has 28 heavy (non-hydrogen) atoms. The first kappa shape index (κ1) is 18.8. The molecule has 0 saturated heterocycles. The number of ketones is 2. The van der Waals surface area contributed by atoms with Gasteiger partial charge in [-0.25, -0.2) is 0 Å². The minimum absolute atomic E-state index is 0.0466. The number of allylic oxidation sites excluding steroid dienone is 2. The summed E-state index contributed by atoms with van der Waals surface area (Å²) < 4.78 is 5.33. The van der Waals surface area contributed by atoms with Crippen molar-refractivity contribution in [3.8, 4) is 5.75 Å². The fourth-order valence-electron chi connectivity index (χ4n) is 4.45. The van der Waals surface area contributed by atoms with Crippen LogP contribution in [-0.4, -0.2) is 37.0 Å². The van der Waals surface area contributed by atoms with E-state index in [1.807, 2.05) is 32.9 Å². The minimum atomic E-state index is -0.346. The Morgan fingerprint density at radius 3 is 2.75 bits per heavy atom. The van der Waals surface area contributed by atoms with Gasteiger partial charge in [-0.05, 0) is 42.5 Å². The molecule has 3 atom stereocenters. The summed E-state index contributed by atoms with van der Waals surface area (Å²) in [6, 6.07) is 5.86. The maximum absolute atomic E-state index is 13.1. The summed E-state index contributed by atoms with van der Waals surface area (Å²) in [5, 5.41) is 2.08. The number of carbonyl (C=O) groups excluding carboxylic acids is 2. The highest BCUT2D eigenvalue weighted by Gasteiger charge is 2.39. The molecule has 0 N–H and O–H groups in total. The topological polar surface area (TPSA) is 68.1 Å². The Bertz CT molecular complexity index is 1030. The molecule has 1 aromatic carbocycles. The summed E-state index contributed by atoms with van der Waals surface area (Å²) in [7, 11) is 1.65. The lowest BCUT2D eigenvalue weighted by Gasteiger charge is -2.30. The third-order valence-corrected chi connectivity index (χ3v) is 6.18. The maximum atomic E-state index is 13.1. The van der Waals surface area contributed by atoms with Crippen molar-refractivity contribution < 1.29 is 14.3 Å². The summed E-state index contributed by atoms with van der Waals surface area (Å²) in [6.45, 7) is 6.49. The van der Waals surface area contributed by atoms with Gasteiger partial charge in [0.1, 0.15) is 11.8 Å². The molecule has 3 unspecified atom stereocenters. The highest BCUT2D eigenvalue weighted by Crippen LogP contribution is 2.33. The molecule has 3 aliphatic rings. The number of carbonyl (C=O) groups is 2. The zero-order valence-electron chi connectivity index (χ0n) is 16.9. The van der Waals surface area contributed by atoms with Crippen molar-refractivity contribution >= 4 is 22.9 Å². The Morgan fingerprint density at radius 1 is 1.25 bits per heavy atom. The van der Waals surface area contributed by atoms with Crippen LogP contribution in [-0.2, 0) is 9.59 Å². The number of nitrogens with zero attached hydrogens (tertiary/aromatic N) is 2. The van der Waals surface area contributed by atoms with E-state index in [4.69, 9.17) is 14.7 Å². The van der Waals surface area contributed by atoms with Gasteiger partial charge in [-0.2, -0.15) is 0 Å².